The maximum Gasteiger partial charge on any atom is 0.336 e. The summed E-state index contributed by atoms with van der Waals surface area (Å²) in [5, 5.41) is 11.9. The van der Waals surface area contributed by atoms with Crippen LogP contribution in [0.4, 0.5) is 0 Å². The third-order valence-electron chi connectivity index (χ3n) is 4.93. The van der Waals surface area contributed by atoms with Gasteiger partial charge >= 0.3 is 11.6 Å². The van der Waals surface area contributed by atoms with Gasteiger partial charge in [0.15, 0.2) is 11.0 Å². The number of rotatable bonds is 7. The molecule has 0 fully saturated rings. The Balaban J connectivity index is 1.44. The highest BCUT2D eigenvalue weighted by molar-refractivity contribution is 7.99. The predicted molar refractivity (Wildman–Crippen MR) is 121 cm³/mol. The third-order valence-corrected chi connectivity index (χ3v) is 6.73. The van der Waals surface area contributed by atoms with E-state index in [-0.39, 0.29) is 12.4 Å². The zero-order valence-corrected chi connectivity index (χ0v) is 19.0. The summed E-state index contributed by atoms with van der Waals surface area (Å²) in [5.74, 6) is 0.500. The third kappa shape index (κ3) is 4.57. The van der Waals surface area contributed by atoms with Crippen LogP contribution in [0.25, 0.3) is 21.7 Å². The van der Waals surface area contributed by atoms with Crippen molar-refractivity contribution in [3.63, 3.8) is 0 Å². The van der Waals surface area contributed by atoms with E-state index in [0.717, 1.165) is 27.2 Å². The number of esters is 1. The van der Waals surface area contributed by atoms with Crippen LogP contribution in [0.1, 0.15) is 23.6 Å². The standard InChI is InChI=1S/C22H21N3O4S2/c1-4-25-21(18-6-5-7-30-18)23-24-22(25)31-12-20(27)28-11-15-10-19(26)29-17-9-14(3)13(2)8-16(15)17/h5-10H,4,11-12H2,1-3H3. The number of benzene rings is 1. The van der Waals surface area contributed by atoms with Crippen LogP contribution in [0.5, 0.6) is 0 Å². The van der Waals surface area contributed by atoms with Gasteiger partial charge in [-0.15, -0.1) is 21.5 Å². The van der Waals surface area contributed by atoms with E-state index in [1.54, 1.807) is 11.3 Å². The summed E-state index contributed by atoms with van der Waals surface area (Å²) < 4.78 is 12.7. The molecule has 0 atom stereocenters. The summed E-state index contributed by atoms with van der Waals surface area (Å²) in [4.78, 5) is 25.3. The largest absolute Gasteiger partial charge is 0.460 e. The summed E-state index contributed by atoms with van der Waals surface area (Å²) in [5.41, 5.74) is 2.76. The first-order valence-corrected chi connectivity index (χ1v) is 11.6. The molecule has 4 aromatic rings. The van der Waals surface area contributed by atoms with Crippen molar-refractivity contribution in [2.75, 3.05) is 5.75 Å². The number of nitrogens with zero attached hydrogens (tertiary/aromatic N) is 3. The van der Waals surface area contributed by atoms with Gasteiger partial charge in [0, 0.05) is 23.6 Å². The van der Waals surface area contributed by atoms with E-state index in [0.29, 0.717) is 22.8 Å². The van der Waals surface area contributed by atoms with E-state index in [9.17, 15) is 9.59 Å². The molecular weight excluding hydrogens is 434 g/mol. The maximum absolute atomic E-state index is 12.4. The molecule has 0 saturated heterocycles. The fourth-order valence-electron chi connectivity index (χ4n) is 3.19. The molecule has 0 unspecified atom stereocenters. The van der Waals surface area contributed by atoms with Crippen LogP contribution >= 0.6 is 23.1 Å². The van der Waals surface area contributed by atoms with Crippen molar-refractivity contribution in [2.45, 2.75) is 39.1 Å². The molecule has 0 amide bonds. The van der Waals surface area contributed by atoms with Crippen LogP contribution in [0.2, 0.25) is 0 Å². The van der Waals surface area contributed by atoms with Gasteiger partial charge in [0.1, 0.15) is 12.2 Å². The fraction of sp³-hybridized carbons (Fsp3) is 0.273. The Morgan fingerprint density at radius 3 is 2.77 bits per heavy atom. The number of carbonyl (C=O) groups excluding carboxylic acids is 1. The minimum absolute atomic E-state index is 0.00487. The number of hydrogen-bond donors (Lipinski definition) is 0. The Kier molecular flexibility index (Phi) is 6.24. The number of aryl methyl sites for hydroxylation is 2. The summed E-state index contributed by atoms with van der Waals surface area (Å²) >= 11 is 2.88. The second-order valence-electron chi connectivity index (χ2n) is 7.00. The first-order valence-electron chi connectivity index (χ1n) is 9.75. The molecule has 31 heavy (non-hydrogen) atoms. The second kappa shape index (κ2) is 9.07. The lowest BCUT2D eigenvalue weighted by molar-refractivity contribution is -0.141. The fourth-order valence-corrected chi connectivity index (χ4v) is 4.71. The van der Waals surface area contributed by atoms with Crippen molar-refractivity contribution in [2.24, 2.45) is 0 Å². The van der Waals surface area contributed by atoms with Crippen LogP contribution in [-0.2, 0) is 22.7 Å². The molecule has 0 aliphatic heterocycles. The molecule has 3 heterocycles. The van der Waals surface area contributed by atoms with Gasteiger partial charge in [0.05, 0.1) is 10.6 Å². The molecule has 0 bridgehead atoms. The molecule has 0 aliphatic carbocycles. The van der Waals surface area contributed by atoms with Crippen LogP contribution < -0.4 is 5.63 Å². The zero-order valence-electron chi connectivity index (χ0n) is 17.4. The van der Waals surface area contributed by atoms with Gasteiger partial charge in [-0.25, -0.2) is 4.79 Å². The number of aromatic nitrogens is 3. The van der Waals surface area contributed by atoms with Gasteiger partial charge in [0.2, 0.25) is 0 Å². The Bertz CT molecular complexity index is 1290. The molecular formula is C22H21N3O4S2. The molecule has 0 N–H and O–H groups in total. The molecule has 0 spiro atoms. The van der Waals surface area contributed by atoms with E-state index >= 15 is 0 Å². The smallest absolute Gasteiger partial charge is 0.336 e. The first-order chi connectivity index (χ1) is 15.0. The van der Waals surface area contributed by atoms with Gasteiger partial charge < -0.3 is 13.7 Å². The highest BCUT2D eigenvalue weighted by Gasteiger charge is 2.16. The molecule has 3 aromatic heterocycles. The van der Waals surface area contributed by atoms with Gasteiger partial charge in [-0.3, -0.25) is 4.79 Å². The SMILES string of the molecule is CCn1c(SCC(=O)OCc2cc(=O)oc3cc(C)c(C)cc23)nnc1-c1cccs1. The summed E-state index contributed by atoms with van der Waals surface area (Å²) in [7, 11) is 0. The van der Waals surface area contributed by atoms with Crippen molar-refractivity contribution in [1.82, 2.24) is 14.8 Å². The van der Waals surface area contributed by atoms with Crippen LogP contribution in [0.15, 0.2) is 50.1 Å². The number of hydrogen-bond acceptors (Lipinski definition) is 8. The highest BCUT2D eigenvalue weighted by Crippen LogP contribution is 2.27. The Morgan fingerprint density at radius 2 is 2.03 bits per heavy atom. The minimum atomic E-state index is -0.465. The lowest BCUT2D eigenvalue weighted by Crippen LogP contribution is -2.10. The molecule has 0 radical (unpaired) electrons. The predicted octanol–water partition coefficient (Wildman–Crippen LogP) is 4.59. The number of carbonyl (C=O) groups is 1. The Labute approximate surface area is 187 Å². The number of ether oxygens (including phenoxy) is 1. The summed E-state index contributed by atoms with van der Waals surface area (Å²) in [6.45, 7) is 6.66. The van der Waals surface area contributed by atoms with Crippen molar-refractivity contribution in [3.8, 4) is 10.7 Å². The molecule has 160 valence electrons. The monoisotopic (exact) mass is 455 g/mol. The summed E-state index contributed by atoms with van der Waals surface area (Å²) in [6.07, 6.45) is 0. The van der Waals surface area contributed by atoms with Gasteiger partial charge in [-0.1, -0.05) is 17.8 Å². The van der Waals surface area contributed by atoms with E-state index in [1.807, 2.05) is 55.0 Å². The van der Waals surface area contributed by atoms with E-state index in [1.165, 1.54) is 17.8 Å². The zero-order chi connectivity index (χ0) is 22.0. The van der Waals surface area contributed by atoms with Gasteiger partial charge in [-0.2, -0.15) is 0 Å². The van der Waals surface area contributed by atoms with Crippen LogP contribution in [-0.4, -0.2) is 26.5 Å². The highest BCUT2D eigenvalue weighted by atomic mass is 32.2. The Morgan fingerprint density at radius 1 is 1.23 bits per heavy atom. The maximum atomic E-state index is 12.4. The number of fused-ring (bicyclic) bond motifs is 1. The minimum Gasteiger partial charge on any atom is -0.460 e. The molecule has 1 aromatic carbocycles. The average Bonchev–Trinajstić information content (AvgIpc) is 3.41. The molecule has 0 saturated carbocycles. The number of thioether (sulfide) groups is 1. The average molecular weight is 456 g/mol. The quantitative estimate of drug-likeness (QED) is 0.229. The van der Waals surface area contributed by atoms with Gasteiger partial charge in [0.25, 0.3) is 0 Å². The van der Waals surface area contributed by atoms with E-state index in [2.05, 4.69) is 10.2 Å². The Hall–Kier alpha value is -2.91. The second-order valence-corrected chi connectivity index (χ2v) is 8.89. The summed E-state index contributed by atoms with van der Waals surface area (Å²) in [6, 6.07) is 9.11. The molecule has 7 nitrogen and oxygen atoms in total. The normalized spacial score (nSPS) is 11.2. The molecule has 4 rings (SSSR count). The van der Waals surface area contributed by atoms with Crippen molar-refractivity contribution in [3.05, 3.63) is 62.8 Å². The van der Waals surface area contributed by atoms with Crippen molar-refractivity contribution >= 4 is 40.0 Å². The first kappa shape index (κ1) is 21.3. The lowest BCUT2D eigenvalue weighted by atomic mass is 10.0. The van der Waals surface area contributed by atoms with Crippen LogP contribution in [0, 0.1) is 13.8 Å². The van der Waals surface area contributed by atoms with Crippen molar-refractivity contribution < 1.29 is 13.9 Å². The molecule has 0 aliphatic rings. The number of thiophene rings is 1. The molecule has 9 heteroatoms. The topological polar surface area (TPSA) is 87.2 Å². The van der Waals surface area contributed by atoms with Gasteiger partial charge in [-0.05, 0) is 55.5 Å². The van der Waals surface area contributed by atoms with E-state index in [4.69, 9.17) is 9.15 Å². The van der Waals surface area contributed by atoms with E-state index < -0.39 is 11.6 Å². The lowest BCUT2D eigenvalue weighted by Gasteiger charge is -2.09. The van der Waals surface area contributed by atoms with Crippen molar-refractivity contribution in [1.29, 1.82) is 0 Å². The van der Waals surface area contributed by atoms with Crippen LogP contribution in [0.3, 0.4) is 0 Å².